The lowest BCUT2D eigenvalue weighted by Crippen LogP contribution is -2.44. The molecule has 1 aliphatic heterocycles. The molecule has 2 atom stereocenters. The molecule has 1 saturated heterocycles. The van der Waals surface area contributed by atoms with Crippen molar-refractivity contribution >= 4 is 50.9 Å². The van der Waals surface area contributed by atoms with Crippen molar-refractivity contribution < 1.29 is 14.7 Å². The Morgan fingerprint density at radius 2 is 2.24 bits per heavy atom. The van der Waals surface area contributed by atoms with E-state index in [2.05, 4.69) is 15.9 Å². The van der Waals surface area contributed by atoms with Gasteiger partial charge in [-0.25, -0.2) is 4.79 Å². The van der Waals surface area contributed by atoms with Crippen LogP contribution in [0.2, 0.25) is 0 Å². The number of carbonyl (C=O) groups excluding carboxylic acids is 1. The van der Waals surface area contributed by atoms with E-state index < -0.39 is 12.0 Å². The number of thiophene rings is 1. The first kappa shape index (κ1) is 12.9. The number of carboxylic acids is 1. The number of nitrogens with zero attached hydrogens (tertiary/aromatic N) is 1. The van der Waals surface area contributed by atoms with Crippen LogP contribution in [0.15, 0.2) is 15.9 Å². The largest absolute Gasteiger partial charge is 0.480 e. The van der Waals surface area contributed by atoms with E-state index in [0.29, 0.717) is 10.6 Å². The molecule has 2 unspecified atom stereocenters. The van der Waals surface area contributed by atoms with Gasteiger partial charge in [0.15, 0.2) is 0 Å². The van der Waals surface area contributed by atoms with E-state index in [-0.39, 0.29) is 11.3 Å². The summed E-state index contributed by atoms with van der Waals surface area (Å²) in [5, 5.41) is 9.00. The number of hydrogen-bond donors (Lipinski definition) is 1. The van der Waals surface area contributed by atoms with Gasteiger partial charge in [0, 0.05) is 5.75 Å². The van der Waals surface area contributed by atoms with E-state index in [9.17, 15) is 9.59 Å². The summed E-state index contributed by atoms with van der Waals surface area (Å²) in [7, 11) is 0. The van der Waals surface area contributed by atoms with Gasteiger partial charge in [-0.2, -0.15) is 0 Å². The second kappa shape index (κ2) is 4.99. The summed E-state index contributed by atoms with van der Waals surface area (Å²) < 4.78 is 0.868. The summed E-state index contributed by atoms with van der Waals surface area (Å²) in [6.45, 7) is 1.86. The van der Waals surface area contributed by atoms with Crippen molar-refractivity contribution in [1.29, 1.82) is 0 Å². The predicted molar refractivity (Wildman–Crippen MR) is 71.5 cm³/mol. The summed E-state index contributed by atoms with van der Waals surface area (Å²) in [6, 6.07) is 2.79. The van der Waals surface area contributed by atoms with Crippen LogP contribution in [0.25, 0.3) is 0 Å². The molecule has 1 amide bonds. The van der Waals surface area contributed by atoms with Crippen molar-refractivity contribution in [3.05, 3.63) is 20.8 Å². The van der Waals surface area contributed by atoms with Gasteiger partial charge in [0.2, 0.25) is 0 Å². The Bertz CT molecular complexity index is 462. The fraction of sp³-hybridized carbons (Fsp3) is 0.400. The first-order chi connectivity index (χ1) is 8.00. The van der Waals surface area contributed by atoms with Crippen LogP contribution in [0.3, 0.4) is 0 Å². The van der Waals surface area contributed by atoms with E-state index in [1.54, 1.807) is 12.1 Å². The minimum atomic E-state index is -0.939. The van der Waals surface area contributed by atoms with Crippen LogP contribution in [-0.4, -0.2) is 39.1 Å². The quantitative estimate of drug-likeness (QED) is 0.902. The average molecular weight is 336 g/mol. The summed E-state index contributed by atoms with van der Waals surface area (Å²) in [4.78, 5) is 25.3. The zero-order chi connectivity index (χ0) is 12.6. The smallest absolute Gasteiger partial charge is 0.327 e. The monoisotopic (exact) mass is 335 g/mol. The van der Waals surface area contributed by atoms with Gasteiger partial charge in [0.1, 0.15) is 6.04 Å². The molecule has 0 spiro atoms. The Morgan fingerprint density at radius 1 is 1.53 bits per heavy atom. The number of hydrogen-bond acceptors (Lipinski definition) is 4. The molecule has 2 heterocycles. The van der Waals surface area contributed by atoms with Crippen molar-refractivity contribution in [2.75, 3.05) is 5.75 Å². The molecule has 0 radical (unpaired) electrons. The maximum atomic E-state index is 12.2. The predicted octanol–water partition coefficient (Wildman–Crippen LogP) is 2.50. The zero-order valence-electron chi connectivity index (χ0n) is 8.92. The fourth-order valence-electron chi connectivity index (χ4n) is 1.70. The van der Waals surface area contributed by atoms with Gasteiger partial charge < -0.3 is 10.0 Å². The van der Waals surface area contributed by atoms with Crippen LogP contribution in [0.5, 0.6) is 0 Å². The maximum absolute atomic E-state index is 12.2. The number of carbonyl (C=O) groups is 2. The van der Waals surface area contributed by atoms with E-state index >= 15 is 0 Å². The SMILES string of the molecule is CC1SCC(C(=O)O)N1C(=O)c1ccc(Br)s1. The number of amides is 1. The molecule has 1 aromatic heterocycles. The molecule has 2 rings (SSSR count). The van der Waals surface area contributed by atoms with Gasteiger partial charge in [-0.05, 0) is 35.0 Å². The Hall–Kier alpha value is -0.530. The standard InChI is InChI=1S/C10H10BrNO3S2/c1-5-12(6(4-16-5)10(14)15)9(13)7-2-3-8(11)17-7/h2-3,5-6H,4H2,1H3,(H,14,15). The lowest BCUT2D eigenvalue weighted by molar-refractivity contribution is -0.141. The van der Waals surface area contributed by atoms with Crippen LogP contribution in [0.1, 0.15) is 16.6 Å². The van der Waals surface area contributed by atoms with Gasteiger partial charge in [0.05, 0.1) is 14.0 Å². The third kappa shape index (κ3) is 2.51. The Labute approximate surface area is 115 Å². The van der Waals surface area contributed by atoms with Gasteiger partial charge >= 0.3 is 5.97 Å². The van der Waals surface area contributed by atoms with Crippen molar-refractivity contribution in [2.45, 2.75) is 18.3 Å². The zero-order valence-corrected chi connectivity index (χ0v) is 12.1. The Balaban J connectivity index is 2.25. The molecule has 1 fully saturated rings. The van der Waals surface area contributed by atoms with E-state index in [1.807, 2.05) is 6.92 Å². The molecule has 4 nitrogen and oxygen atoms in total. The van der Waals surface area contributed by atoms with Crippen molar-refractivity contribution in [3.63, 3.8) is 0 Å². The first-order valence-corrected chi connectivity index (χ1v) is 7.59. The van der Waals surface area contributed by atoms with Crippen molar-refractivity contribution in [2.24, 2.45) is 0 Å². The molecule has 1 aliphatic rings. The second-order valence-corrected chi connectivity index (χ2v) is 7.41. The number of carboxylic acid groups (broad SMARTS) is 1. The highest BCUT2D eigenvalue weighted by Crippen LogP contribution is 2.32. The maximum Gasteiger partial charge on any atom is 0.327 e. The average Bonchev–Trinajstić information content (AvgIpc) is 2.83. The number of aliphatic carboxylic acids is 1. The normalized spacial score (nSPS) is 24.0. The topological polar surface area (TPSA) is 57.6 Å². The summed E-state index contributed by atoms with van der Waals surface area (Å²) in [5.41, 5.74) is 0. The van der Waals surface area contributed by atoms with E-state index in [4.69, 9.17) is 5.11 Å². The van der Waals surface area contributed by atoms with Crippen molar-refractivity contribution in [3.8, 4) is 0 Å². The number of halogens is 1. The molecule has 92 valence electrons. The van der Waals surface area contributed by atoms with Gasteiger partial charge in [-0.15, -0.1) is 23.1 Å². The summed E-state index contributed by atoms with van der Waals surface area (Å²) >= 11 is 6.10. The van der Waals surface area contributed by atoms with Gasteiger partial charge in [-0.1, -0.05) is 0 Å². The third-order valence-corrected chi connectivity index (χ3v) is 5.36. The van der Waals surface area contributed by atoms with Crippen molar-refractivity contribution in [1.82, 2.24) is 4.90 Å². The van der Waals surface area contributed by atoms with Crippen LogP contribution < -0.4 is 0 Å². The molecule has 17 heavy (non-hydrogen) atoms. The Morgan fingerprint density at radius 3 is 2.76 bits per heavy atom. The summed E-state index contributed by atoms with van der Waals surface area (Å²) in [6.07, 6.45) is 0. The van der Waals surface area contributed by atoms with Crippen LogP contribution >= 0.6 is 39.0 Å². The molecule has 0 aliphatic carbocycles. The number of thioether (sulfide) groups is 1. The lowest BCUT2D eigenvalue weighted by atomic mass is 10.2. The van der Waals surface area contributed by atoms with E-state index in [0.717, 1.165) is 3.79 Å². The molecular formula is C10H10BrNO3S2. The highest BCUT2D eigenvalue weighted by Gasteiger charge is 2.40. The van der Waals surface area contributed by atoms with E-state index in [1.165, 1.54) is 28.0 Å². The molecule has 1 N–H and O–H groups in total. The summed E-state index contributed by atoms with van der Waals surface area (Å²) in [5.74, 6) is -0.689. The molecule has 7 heteroatoms. The van der Waals surface area contributed by atoms with Gasteiger partial charge in [0.25, 0.3) is 5.91 Å². The molecule has 0 saturated carbocycles. The highest BCUT2D eigenvalue weighted by atomic mass is 79.9. The second-order valence-electron chi connectivity index (χ2n) is 3.60. The molecule has 0 bridgehead atoms. The van der Waals surface area contributed by atoms with Crippen LogP contribution in [0, 0.1) is 0 Å². The molecule has 1 aromatic rings. The first-order valence-electron chi connectivity index (χ1n) is 4.93. The lowest BCUT2D eigenvalue weighted by Gasteiger charge is -2.24. The third-order valence-electron chi connectivity index (χ3n) is 2.53. The molecular weight excluding hydrogens is 326 g/mol. The minimum absolute atomic E-state index is 0.0931. The fourth-order valence-corrected chi connectivity index (χ4v) is 4.20. The van der Waals surface area contributed by atoms with Crippen LogP contribution in [0.4, 0.5) is 0 Å². The highest BCUT2D eigenvalue weighted by molar-refractivity contribution is 9.11. The molecule has 0 aromatic carbocycles. The number of rotatable bonds is 2. The van der Waals surface area contributed by atoms with Gasteiger partial charge in [-0.3, -0.25) is 4.79 Å². The Kier molecular flexibility index (Phi) is 3.79. The van der Waals surface area contributed by atoms with Crippen LogP contribution in [-0.2, 0) is 4.79 Å². The minimum Gasteiger partial charge on any atom is -0.480 e.